The van der Waals surface area contributed by atoms with Crippen molar-refractivity contribution in [3.05, 3.63) is 29.3 Å². The smallest absolute Gasteiger partial charge is 0.121 e. The first-order chi connectivity index (χ1) is 10.2. The first-order valence-electron chi connectivity index (χ1n) is 7.30. The van der Waals surface area contributed by atoms with Crippen molar-refractivity contribution in [1.82, 2.24) is 5.06 Å². The summed E-state index contributed by atoms with van der Waals surface area (Å²) < 4.78 is 6.02. The minimum Gasteiger partial charge on any atom is -0.490 e. The molecule has 1 aliphatic rings. The summed E-state index contributed by atoms with van der Waals surface area (Å²) in [5, 5.41) is 29.7. The van der Waals surface area contributed by atoms with Crippen molar-refractivity contribution < 1.29 is 9.94 Å². The van der Waals surface area contributed by atoms with Gasteiger partial charge in [-0.25, -0.2) is 0 Å². The number of hydroxylamine groups is 2. The monoisotopic (exact) mass is 299 g/mol. The van der Waals surface area contributed by atoms with E-state index >= 15 is 0 Å². The molecule has 22 heavy (non-hydrogen) atoms. The largest absolute Gasteiger partial charge is 0.490 e. The molecule has 2 rings (SSSR count). The highest BCUT2D eigenvalue weighted by molar-refractivity contribution is 5.49. The van der Waals surface area contributed by atoms with E-state index in [9.17, 15) is 5.21 Å². The topological polar surface area (TPSA) is 80.3 Å². The molecule has 0 spiro atoms. The molecule has 0 atom stereocenters. The van der Waals surface area contributed by atoms with Crippen LogP contribution in [0.1, 0.15) is 51.7 Å². The van der Waals surface area contributed by atoms with Crippen molar-refractivity contribution in [2.24, 2.45) is 0 Å². The van der Waals surface area contributed by atoms with E-state index in [1.54, 1.807) is 18.2 Å². The lowest BCUT2D eigenvalue weighted by Crippen LogP contribution is -2.61. The molecule has 0 aromatic heterocycles. The SMILES string of the molecule is CC1(C)CC(Oc2ccc(C#N)c(C#N)c2)CC(C)(C)N1O. The Kier molecular flexibility index (Phi) is 4.15. The Morgan fingerprint density at radius 3 is 2.14 bits per heavy atom. The lowest BCUT2D eigenvalue weighted by Gasteiger charge is -2.51. The number of nitrogens with zero attached hydrogens (tertiary/aromatic N) is 3. The maximum absolute atomic E-state index is 10.3. The third-order valence-electron chi connectivity index (χ3n) is 4.14. The average molecular weight is 299 g/mol. The van der Waals surface area contributed by atoms with Gasteiger partial charge in [-0.2, -0.15) is 15.6 Å². The van der Waals surface area contributed by atoms with Gasteiger partial charge in [0.1, 0.15) is 24.0 Å². The maximum atomic E-state index is 10.3. The Morgan fingerprint density at radius 2 is 1.64 bits per heavy atom. The second-order valence-corrected chi connectivity index (χ2v) is 7.02. The van der Waals surface area contributed by atoms with Gasteiger partial charge >= 0.3 is 0 Å². The first-order valence-corrected chi connectivity index (χ1v) is 7.30. The molecular weight excluding hydrogens is 278 g/mol. The van der Waals surface area contributed by atoms with Gasteiger partial charge in [-0.1, -0.05) is 0 Å². The van der Waals surface area contributed by atoms with Gasteiger partial charge in [-0.15, -0.1) is 0 Å². The third kappa shape index (κ3) is 3.06. The first kappa shape index (κ1) is 16.3. The number of hydrogen-bond donors (Lipinski definition) is 1. The third-order valence-corrected chi connectivity index (χ3v) is 4.14. The van der Waals surface area contributed by atoms with Crippen molar-refractivity contribution in [2.75, 3.05) is 0 Å². The highest BCUT2D eigenvalue weighted by Gasteiger charge is 2.45. The van der Waals surface area contributed by atoms with Gasteiger partial charge in [0, 0.05) is 23.9 Å². The number of benzene rings is 1. The van der Waals surface area contributed by atoms with Crippen LogP contribution in [0.15, 0.2) is 18.2 Å². The van der Waals surface area contributed by atoms with Crippen LogP contribution >= 0.6 is 0 Å². The van der Waals surface area contributed by atoms with Gasteiger partial charge in [0.2, 0.25) is 0 Å². The van der Waals surface area contributed by atoms with Crippen LogP contribution in [0, 0.1) is 22.7 Å². The van der Waals surface area contributed by atoms with Crippen LogP contribution in [0.2, 0.25) is 0 Å². The Bertz CT molecular complexity index is 635. The number of ether oxygens (including phenoxy) is 1. The van der Waals surface area contributed by atoms with Crippen LogP contribution in [0.25, 0.3) is 0 Å². The summed E-state index contributed by atoms with van der Waals surface area (Å²) in [7, 11) is 0. The van der Waals surface area contributed by atoms with E-state index < -0.39 is 11.1 Å². The zero-order chi connectivity index (χ0) is 16.5. The molecule has 0 aliphatic carbocycles. The van der Waals surface area contributed by atoms with Crippen molar-refractivity contribution in [2.45, 2.75) is 57.7 Å². The molecule has 0 amide bonds. The van der Waals surface area contributed by atoms with Crippen LogP contribution in [0.4, 0.5) is 0 Å². The van der Waals surface area contributed by atoms with Gasteiger partial charge in [-0.05, 0) is 45.9 Å². The summed E-state index contributed by atoms with van der Waals surface area (Å²) in [6, 6.07) is 8.92. The molecule has 1 saturated heterocycles. The molecule has 0 radical (unpaired) electrons. The summed E-state index contributed by atoms with van der Waals surface area (Å²) in [6.07, 6.45) is 1.29. The minimum atomic E-state index is -0.392. The van der Waals surface area contributed by atoms with E-state index in [2.05, 4.69) is 0 Å². The summed E-state index contributed by atoms with van der Waals surface area (Å²) in [4.78, 5) is 0. The predicted molar refractivity (Wildman–Crippen MR) is 81.3 cm³/mol. The summed E-state index contributed by atoms with van der Waals surface area (Å²) in [6.45, 7) is 7.90. The van der Waals surface area contributed by atoms with E-state index in [0.29, 0.717) is 29.7 Å². The van der Waals surface area contributed by atoms with E-state index in [0.717, 1.165) is 0 Å². The number of rotatable bonds is 2. The Morgan fingerprint density at radius 1 is 1.09 bits per heavy atom. The molecule has 1 aromatic rings. The Hall–Kier alpha value is -2.08. The van der Waals surface area contributed by atoms with E-state index in [1.165, 1.54) is 5.06 Å². The summed E-state index contributed by atoms with van der Waals surface area (Å²) in [5.74, 6) is 0.582. The number of nitriles is 2. The van der Waals surface area contributed by atoms with Crippen molar-refractivity contribution in [3.63, 3.8) is 0 Å². The van der Waals surface area contributed by atoms with Crippen molar-refractivity contribution in [3.8, 4) is 17.9 Å². The standard InChI is InChI=1S/C17H21N3O2/c1-16(2)8-15(9-17(3,4)20(16)21)22-14-6-5-12(10-18)13(7-14)11-19/h5-7,15,21H,8-9H2,1-4H3. The Balaban J connectivity index is 2.22. The van der Waals surface area contributed by atoms with Crippen LogP contribution < -0.4 is 4.74 Å². The van der Waals surface area contributed by atoms with Crippen LogP contribution in [0.5, 0.6) is 5.75 Å². The molecule has 0 saturated carbocycles. The van der Waals surface area contributed by atoms with E-state index in [1.807, 2.05) is 39.8 Å². The molecule has 0 unspecified atom stereocenters. The average Bonchev–Trinajstić information content (AvgIpc) is 2.44. The van der Waals surface area contributed by atoms with Gasteiger partial charge in [0.25, 0.3) is 0 Å². The van der Waals surface area contributed by atoms with Gasteiger partial charge in [-0.3, -0.25) is 0 Å². The highest BCUT2D eigenvalue weighted by Crippen LogP contribution is 2.38. The predicted octanol–water partition coefficient (Wildman–Crippen LogP) is 3.22. The van der Waals surface area contributed by atoms with Crippen molar-refractivity contribution in [1.29, 1.82) is 10.5 Å². The second kappa shape index (κ2) is 5.61. The maximum Gasteiger partial charge on any atom is 0.121 e. The normalized spacial score (nSPS) is 20.9. The molecule has 0 bridgehead atoms. The molecule has 116 valence electrons. The van der Waals surface area contributed by atoms with E-state index in [-0.39, 0.29) is 6.10 Å². The molecular formula is C17H21N3O2. The molecule has 1 aliphatic heterocycles. The summed E-state index contributed by atoms with van der Waals surface area (Å²) >= 11 is 0. The second-order valence-electron chi connectivity index (χ2n) is 7.02. The molecule has 1 heterocycles. The fourth-order valence-corrected chi connectivity index (χ4v) is 3.24. The molecule has 1 N–H and O–H groups in total. The van der Waals surface area contributed by atoms with Crippen LogP contribution in [-0.2, 0) is 0 Å². The molecule has 1 aromatic carbocycles. The lowest BCUT2D eigenvalue weighted by atomic mass is 9.80. The van der Waals surface area contributed by atoms with Crippen molar-refractivity contribution >= 4 is 0 Å². The zero-order valence-electron chi connectivity index (χ0n) is 13.4. The fourth-order valence-electron chi connectivity index (χ4n) is 3.24. The Labute approximate surface area is 131 Å². The molecule has 5 heteroatoms. The molecule has 1 fully saturated rings. The van der Waals surface area contributed by atoms with Crippen LogP contribution in [0.3, 0.4) is 0 Å². The number of piperidine rings is 1. The van der Waals surface area contributed by atoms with Crippen LogP contribution in [-0.4, -0.2) is 27.5 Å². The minimum absolute atomic E-state index is 0.0621. The number of hydrogen-bond acceptors (Lipinski definition) is 5. The zero-order valence-corrected chi connectivity index (χ0v) is 13.4. The van der Waals surface area contributed by atoms with Gasteiger partial charge in [0.05, 0.1) is 11.1 Å². The van der Waals surface area contributed by atoms with Gasteiger partial charge < -0.3 is 9.94 Å². The lowest BCUT2D eigenvalue weighted by molar-refractivity contribution is -0.254. The fraction of sp³-hybridized carbons (Fsp3) is 0.529. The quantitative estimate of drug-likeness (QED) is 0.907. The van der Waals surface area contributed by atoms with E-state index in [4.69, 9.17) is 15.3 Å². The molecule has 5 nitrogen and oxygen atoms in total. The van der Waals surface area contributed by atoms with Gasteiger partial charge in [0.15, 0.2) is 0 Å². The highest BCUT2D eigenvalue weighted by atomic mass is 16.5. The summed E-state index contributed by atoms with van der Waals surface area (Å²) in [5.41, 5.74) is -0.118.